The minimum Gasteiger partial charge on any atom is -0.460 e. The van der Waals surface area contributed by atoms with Crippen molar-refractivity contribution < 1.29 is 14.1 Å². The van der Waals surface area contributed by atoms with Gasteiger partial charge in [0.25, 0.3) is 0 Å². The van der Waals surface area contributed by atoms with Gasteiger partial charge >= 0.3 is 5.82 Å². The van der Waals surface area contributed by atoms with Gasteiger partial charge in [0, 0.05) is 12.7 Å². The number of nitro groups is 1. The number of nitrogens with zero attached hydrogens (tertiary/aromatic N) is 5. The minimum absolute atomic E-state index is 0.172. The van der Waals surface area contributed by atoms with Crippen molar-refractivity contribution in [2.75, 3.05) is 0 Å². The third-order valence-electron chi connectivity index (χ3n) is 3.54. The Morgan fingerprint density at radius 3 is 2.92 bits per heavy atom. The summed E-state index contributed by atoms with van der Waals surface area (Å²) in [4.78, 5) is 22.4. The molecule has 26 heavy (non-hydrogen) atoms. The summed E-state index contributed by atoms with van der Waals surface area (Å²) in [6.45, 7) is 2.75. The number of carbonyl (C=O) groups is 1. The molecule has 9 nitrogen and oxygen atoms in total. The van der Waals surface area contributed by atoms with Gasteiger partial charge in [-0.25, -0.2) is 0 Å². The standard InChI is InChI=1S/C16H14BrN5O4/c1-2-21-14(7-8-18-21)15(23)6-5-11-3-4-12(26-11)9-20-10-13(17)16(19-20)22(24)25/h3-8,10H,2,9H2,1H3/b6-5+. The van der Waals surface area contributed by atoms with Crippen molar-refractivity contribution in [1.82, 2.24) is 19.6 Å². The third kappa shape index (κ3) is 3.80. The molecule has 3 aromatic rings. The summed E-state index contributed by atoms with van der Waals surface area (Å²) in [5.74, 6) is 0.626. The zero-order valence-electron chi connectivity index (χ0n) is 13.7. The fraction of sp³-hybridized carbons (Fsp3) is 0.188. The van der Waals surface area contributed by atoms with E-state index in [9.17, 15) is 14.9 Å². The SMILES string of the molecule is CCn1nccc1C(=O)/C=C/c1ccc(Cn2cc(Br)c([N+](=O)[O-])n2)o1. The highest BCUT2D eigenvalue weighted by Crippen LogP contribution is 2.23. The first-order valence-corrected chi connectivity index (χ1v) is 8.47. The Bertz CT molecular complexity index is 985. The summed E-state index contributed by atoms with van der Waals surface area (Å²) < 4.78 is 8.93. The molecule has 0 saturated carbocycles. The molecule has 0 atom stereocenters. The van der Waals surface area contributed by atoms with Gasteiger partial charge in [-0.2, -0.15) is 9.78 Å². The number of carbonyl (C=O) groups excluding carboxylic acids is 1. The Labute approximate surface area is 156 Å². The van der Waals surface area contributed by atoms with Crippen LogP contribution in [0.1, 0.15) is 28.9 Å². The van der Waals surface area contributed by atoms with Crippen LogP contribution in [0.2, 0.25) is 0 Å². The van der Waals surface area contributed by atoms with Gasteiger partial charge in [0.1, 0.15) is 28.2 Å². The lowest BCUT2D eigenvalue weighted by molar-refractivity contribution is -0.390. The Morgan fingerprint density at radius 2 is 2.23 bits per heavy atom. The number of furan rings is 1. The number of ketones is 1. The summed E-state index contributed by atoms with van der Waals surface area (Å²) in [7, 11) is 0. The first kappa shape index (κ1) is 17.8. The van der Waals surface area contributed by atoms with E-state index in [1.165, 1.54) is 17.0 Å². The number of hydrogen-bond acceptors (Lipinski definition) is 6. The van der Waals surface area contributed by atoms with Crippen LogP contribution in [0.3, 0.4) is 0 Å². The number of rotatable bonds is 7. The number of aromatic nitrogens is 4. The molecule has 3 heterocycles. The Morgan fingerprint density at radius 1 is 1.42 bits per heavy atom. The van der Waals surface area contributed by atoms with Gasteiger partial charge in [-0.3, -0.25) is 9.48 Å². The molecule has 134 valence electrons. The van der Waals surface area contributed by atoms with Crippen molar-refractivity contribution >= 4 is 33.6 Å². The summed E-state index contributed by atoms with van der Waals surface area (Å²) >= 11 is 3.10. The van der Waals surface area contributed by atoms with E-state index in [1.807, 2.05) is 6.92 Å². The fourth-order valence-electron chi connectivity index (χ4n) is 2.36. The highest BCUT2D eigenvalue weighted by atomic mass is 79.9. The molecule has 0 radical (unpaired) electrons. The second-order valence-electron chi connectivity index (χ2n) is 5.29. The molecular formula is C16H14BrN5O4. The van der Waals surface area contributed by atoms with E-state index in [-0.39, 0.29) is 18.1 Å². The first-order valence-electron chi connectivity index (χ1n) is 7.68. The van der Waals surface area contributed by atoms with E-state index in [1.54, 1.807) is 35.2 Å². The number of allylic oxidation sites excluding steroid dienone is 1. The van der Waals surface area contributed by atoms with Gasteiger partial charge in [-0.1, -0.05) is 0 Å². The van der Waals surface area contributed by atoms with Crippen LogP contribution >= 0.6 is 15.9 Å². The van der Waals surface area contributed by atoms with Gasteiger partial charge in [0.05, 0.1) is 11.3 Å². The molecule has 0 amide bonds. The van der Waals surface area contributed by atoms with Crippen LogP contribution in [0.4, 0.5) is 5.82 Å². The highest BCUT2D eigenvalue weighted by Gasteiger charge is 2.19. The van der Waals surface area contributed by atoms with Gasteiger partial charge in [0.2, 0.25) is 5.78 Å². The molecule has 0 aliphatic carbocycles. The molecular weight excluding hydrogens is 406 g/mol. The van der Waals surface area contributed by atoms with Crippen molar-refractivity contribution in [3.63, 3.8) is 0 Å². The average Bonchev–Trinajstić information content (AvgIpc) is 3.32. The van der Waals surface area contributed by atoms with Crippen molar-refractivity contribution in [3.05, 3.63) is 68.5 Å². The summed E-state index contributed by atoms with van der Waals surface area (Å²) in [6.07, 6.45) is 6.07. The second-order valence-corrected chi connectivity index (χ2v) is 6.14. The smallest absolute Gasteiger partial charge is 0.404 e. The van der Waals surface area contributed by atoms with E-state index >= 15 is 0 Å². The van der Waals surface area contributed by atoms with E-state index < -0.39 is 4.92 Å². The average molecular weight is 420 g/mol. The van der Waals surface area contributed by atoms with Crippen molar-refractivity contribution in [3.8, 4) is 0 Å². The van der Waals surface area contributed by atoms with E-state index in [0.29, 0.717) is 28.2 Å². The summed E-state index contributed by atoms with van der Waals surface area (Å²) in [6, 6.07) is 5.09. The third-order valence-corrected chi connectivity index (χ3v) is 4.10. The fourth-order valence-corrected chi connectivity index (χ4v) is 2.82. The van der Waals surface area contributed by atoms with Crippen LogP contribution in [0.15, 0.2) is 45.6 Å². The maximum Gasteiger partial charge on any atom is 0.404 e. The van der Waals surface area contributed by atoms with Crippen molar-refractivity contribution in [1.29, 1.82) is 0 Å². The van der Waals surface area contributed by atoms with Crippen LogP contribution in [-0.4, -0.2) is 30.3 Å². The zero-order valence-corrected chi connectivity index (χ0v) is 15.3. The Hall–Kier alpha value is -3.01. The van der Waals surface area contributed by atoms with E-state index in [2.05, 4.69) is 26.1 Å². The molecule has 0 aliphatic heterocycles. The number of halogens is 1. The van der Waals surface area contributed by atoms with Gasteiger partial charge in [0.15, 0.2) is 0 Å². The number of aryl methyl sites for hydroxylation is 1. The molecule has 0 spiro atoms. The molecule has 3 rings (SSSR count). The minimum atomic E-state index is -0.566. The quantitative estimate of drug-likeness (QED) is 0.251. The molecule has 0 unspecified atom stereocenters. The van der Waals surface area contributed by atoms with Crippen molar-refractivity contribution in [2.45, 2.75) is 20.0 Å². The Balaban J connectivity index is 1.69. The monoisotopic (exact) mass is 419 g/mol. The normalized spacial score (nSPS) is 11.3. The second kappa shape index (κ2) is 7.48. The molecule has 0 N–H and O–H groups in total. The summed E-state index contributed by atoms with van der Waals surface area (Å²) in [5.41, 5.74) is 0.504. The van der Waals surface area contributed by atoms with Gasteiger partial charge in [-0.15, -0.1) is 0 Å². The molecule has 0 saturated heterocycles. The predicted molar refractivity (Wildman–Crippen MR) is 95.7 cm³/mol. The molecule has 0 aliphatic rings. The maximum absolute atomic E-state index is 12.2. The van der Waals surface area contributed by atoms with Crippen LogP contribution in [0.5, 0.6) is 0 Å². The van der Waals surface area contributed by atoms with Crippen LogP contribution in [0.25, 0.3) is 6.08 Å². The van der Waals surface area contributed by atoms with Crippen molar-refractivity contribution in [2.24, 2.45) is 0 Å². The zero-order chi connectivity index (χ0) is 18.7. The molecule has 0 bridgehead atoms. The van der Waals surface area contributed by atoms with Crippen LogP contribution in [-0.2, 0) is 13.1 Å². The lowest BCUT2D eigenvalue weighted by atomic mass is 10.2. The van der Waals surface area contributed by atoms with Gasteiger partial charge < -0.3 is 14.5 Å². The van der Waals surface area contributed by atoms with Gasteiger partial charge in [-0.05, 0) is 58.1 Å². The topological polar surface area (TPSA) is 109 Å². The largest absolute Gasteiger partial charge is 0.460 e. The summed E-state index contributed by atoms with van der Waals surface area (Å²) in [5, 5.41) is 18.7. The first-order chi connectivity index (χ1) is 12.5. The van der Waals surface area contributed by atoms with E-state index in [4.69, 9.17) is 4.42 Å². The van der Waals surface area contributed by atoms with E-state index in [0.717, 1.165) is 0 Å². The van der Waals surface area contributed by atoms with Crippen LogP contribution < -0.4 is 0 Å². The molecule has 0 aromatic carbocycles. The highest BCUT2D eigenvalue weighted by molar-refractivity contribution is 9.10. The lowest BCUT2D eigenvalue weighted by Crippen LogP contribution is -2.07. The molecule has 3 aromatic heterocycles. The lowest BCUT2D eigenvalue weighted by Gasteiger charge is -1.99. The molecule has 10 heteroatoms. The molecule has 0 fully saturated rings. The Kier molecular flexibility index (Phi) is 5.12. The predicted octanol–water partition coefficient (Wildman–Crippen LogP) is 3.31. The number of hydrogen-bond donors (Lipinski definition) is 0. The maximum atomic E-state index is 12.2. The van der Waals surface area contributed by atoms with Crippen LogP contribution in [0, 0.1) is 10.1 Å².